The first-order chi connectivity index (χ1) is 14.5. The average Bonchev–Trinajstić information content (AvgIpc) is 3.06. The van der Waals surface area contributed by atoms with Crippen molar-refractivity contribution < 1.29 is 4.74 Å². The van der Waals surface area contributed by atoms with Crippen LogP contribution in [0.4, 0.5) is 5.69 Å². The van der Waals surface area contributed by atoms with E-state index in [1.54, 1.807) is 0 Å². The van der Waals surface area contributed by atoms with Crippen molar-refractivity contribution in [1.82, 2.24) is 9.47 Å². The maximum atomic E-state index is 5.55. The van der Waals surface area contributed by atoms with E-state index in [0.717, 1.165) is 51.4 Å². The minimum Gasteiger partial charge on any atom is -0.378 e. The van der Waals surface area contributed by atoms with E-state index in [1.165, 1.54) is 33.2 Å². The van der Waals surface area contributed by atoms with Gasteiger partial charge in [0.15, 0.2) is 0 Å². The number of rotatable bonds is 3. The number of aryl methyl sites for hydroxylation is 1. The summed E-state index contributed by atoms with van der Waals surface area (Å²) in [7, 11) is 0. The Labute approximate surface area is 178 Å². The van der Waals surface area contributed by atoms with Crippen LogP contribution in [0.1, 0.15) is 33.6 Å². The van der Waals surface area contributed by atoms with Crippen LogP contribution in [0.15, 0.2) is 59.2 Å². The van der Waals surface area contributed by atoms with Gasteiger partial charge in [-0.2, -0.15) is 0 Å². The van der Waals surface area contributed by atoms with Crippen molar-refractivity contribution in [1.29, 1.82) is 0 Å². The van der Waals surface area contributed by atoms with E-state index >= 15 is 0 Å². The van der Waals surface area contributed by atoms with Crippen LogP contribution in [-0.2, 0) is 11.3 Å². The zero-order valence-electron chi connectivity index (χ0n) is 18.3. The van der Waals surface area contributed by atoms with Gasteiger partial charge in [-0.05, 0) is 55.5 Å². The fourth-order valence-electron chi connectivity index (χ4n) is 5.08. The van der Waals surface area contributed by atoms with Crippen molar-refractivity contribution in [2.45, 2.75) is 40.2 Å². The van der Waals surface area contributed by atoms with Crippen LogP contribution in [-0.4, -0.2) is 41.5 Å². The minimum atomic E-state index is 0.226. The van der Waals surface area contributed by atoms with Crippen LogP contribution >= 0.6 is 0 Å². The van der Waals surface area contributed by atoms with Crippen molar-refractivity contribution >= 4 is 33.2 Å². The lowest BCUT2D eigenvalue weighted by molar-refractivity contribution is 0.0491. The topological polar surface area (TPSA) is 29.8 Å². The number of aromatic nitrogens is 1. The summed E-state index contributed by atoms with van der Waals surface area (Å²) >= 11 is 0. The monoisotopic (exact) mass is 401 g/mol. The average molecular weight is 402 g/mol. The molecule has 0 radical (unpaired) electrons. The zero-order valence-corrected chi connectivity index (χ0v) is 18.3. The smallest absolute Gasteiger partial charge is 0.0642 e. The van der Waals surface area contributed by atoms with E-state index in [0.29, 0.717) is 0 Å². The van der Waals surface area contributed by atoms with E-state index in [1.807, 2.05) is 0 Å². The van der Waals surface area contributed by atoms with Gasteiger partial charge in [0, 0.05) is 52.8 Å². The molecule has 1 saturated heterocycles. The highest BCUT2D eigenvalue weighted by Crippen LogP contribution is 2.37. The van der Waals surface area contributed by atoms with Crippen LogP contribution in [0.25, 0.3) is 21.8 Å². The SMILES string of the molecule is CCn1c2ccccc2c2cc(N=C3C=C(N4CCOCC4)CC(C)(C)C3)ccc21. The third kappa shape index (κ3) is 3.54. The van der Waals surface area contributed by atoms with E-state index < -0.39 is 0 Å². The molecule has 5 rings (SSSR count). The second kappa shape index (κ2) is 7.59. The number of ether oxygens (including phenoxy) is 1. The van der Waals surface area contributed by atoms with E-state index in [-0.39, 0.29) is 5.41 Å². The van der Waals surface area contributed by atoms with Crippen LogP contribution in [0.3, 0.4) is 0 Å². The summed E-state index contributed by atoms with van der Waals surface area (Å²) in [6.07, 6.45) is 4.45. The number of hydrogen-bond donors (Lipinski definition) is 0. The first-order valence-electron chi connectivity index (χ1n) is 11.2. The molecule has 4 nitrogen and oxygen atoms in total. The molecule has 0 amide bonds. The van der Waals surface area contributed by atoms with Crippen LogP contribution in [0.2, 0.25) is 0 Å². The van der Waals surface area contributed by atoms with Gasteiger partial charge in [0.1, 0.15) is 0 Å². The van der Waals surface area contributed by atoms with Crippen molar-refractivity contribution in [2.24, 2.45) is 10.4 Å². The summed E-state index contributed by atoms with van der Waals surface area (Å²) in [6.45, 7) is 11.5. The number of allylic oxidation sites excluding steroid dienone is 2. The quantitative estimate of drug-likeness (QED) is 0.545. The third-order valence-corrected chi connectivity index (χ3v) is 6.41. The van der Waals surface area contributed by atoms with Crippen molar-refractivity contribution in [3.8, 4) is 0 Å². The molecule has 1 aromatic heterocycles. The lowest BCUT2D eigenvalue weighted by Crippen LogP contribution is -2.39. The molecule has 3 aromatic rings. The number of benzene rings is 2. The molecule has 0 spiro atoms. The Morgan fingerprint density at radius 3 is 2.53 bits per heavy atom. The largest absolute Gasteiger partial charge is 0.378 e. The predicted molar refractivity (Wildman–Crippen MR) is 126 cm³/mol. The lowest BCUT2D eigenvalue weighted by atomic mass is 9.78. The lowest BCUT2D eigenvalue weighted by Gasteiger charge is -2.38. The Morgan fingerprint density at radius 1 is 0.967 bits per heavy atom. The van der Waals surface area contributed by atoms with Crippen LogP contribution < -0.4 is 0 Å². The van der Waals surface area contributed by atoms with Crippen LogP contribution in [0, 0.1) is 5.41 Å². The van der Waals surface area contributed by atoms with E-state index in [2.05, 4.69) is 78.8 Å². The summed E-state index contributed by atoms with van der Waals surface area (Å²) in [4.78, 5) is 7.61. The van der Waals surface area contributed by atoms with Gasteiger partial charge >= 0.3 is 0 Å². The first-order valence-corrected chi connectivity index (χ1v) is 11.2. The summed E-state index contributed by atoms with van der Waals surface area (Å²) in [5.74, 6) is 0. The number of fused-ring (bicyclic) bond motifs is 3. The van der Waals surface area contributed by atoms with E-state index in [9.17, 15) is 0 Å². The summed E-state index contributed by atoms with van der Waals surface area (Å²) < 4.78 is 7.94. The Morgan fingerprint density at radius 2 is 1.73 bits per heavy atom. The Hall–Kier alpha value is -2.59. The number of aliphatic imine (C=N–C) groups is 1. The Balaban J connectivity index is 1.56. The molecule has 0 unspecified atom stereocenters. The zero-order chi connectivity index (χ0) is 20.7. The van der Waals surface area contributed by atoms with Gasteiger partial charge in [0.25, 0.3) is 0 Å². The number of para-hydroxylation sites is 1. The van der Waals surface area contributed by atoms with Crippen LogP contribution in [0.5, 0.6) is 0 Å². The van der Waals surface area contributed by atoms with E-state index in [4.69, 9.17) is 9.73 Å². The molecular formula is C26H31N3O. The highest BCUT2D eigenvalue weighted by molar-refractivity contribution is 6.09. The predicted octanol–water partition coefficient (Wildman–Crippen LogP) is 5.92. The standard InChI is InChI=1S/C26H31N3O/c1-4-29-24-8-6-5-7-22(24)23-16-19(9-10-25(23)29)27-20-15-21(18-26(2,3)17-20)28-11-13-30-14-12-28/h5-10,15-16H,4,11-14,17-18H2,1-3H3. The molecule has 4 heteroatoms. The number of hydrogen-bond acceptors (Lipinski definition) is 3. The van der Waals surface area contributed by atoms with Gasteiger partial charge in [-0.15, -0.1) is 0 Å². The normalized spacial score (nSPS) is 20.8. The van der Waals surface area contributed by atoms with Gasteiger partial charge in [-0.3, -0.25) is 4.99 Å². The van der Waals surface area contributed by atoms with Gasteiger partial charge in [0.2, 0.25) is 0 Å². The fraction of sp³-hybridized carbons (Fsp3) is 0.423. The van der Waals surface area contributed by atoms with Gasteiger partial charge in [-0.25, -0.2) is 0 Å². The van der Waals surface area contributed by atoms with Crippen molar-refractivity contribution in [3.63, 3.8) is 0 Å². The molecule has 2 aliphatic rings. The highest BCUT2D eigenvalue weighted by atomic mass is 16.5. The summed E-state index contributed by atoms with van der Waals surface area (Å²) in [5, 5.41) is 2.60. The summed E-state index contributed by atoms with van der Waals surface area (Å²) in [6, 6.07) is 15.4. The molecule has 2 heterocycles. The molecule has 30 heavy (non-hydrogen) atoms. The van der Waals surface area contributed by atoms with Crippen molar-refractivity contribution in [2.75, 3.05) is 26.3 Å². The molecule has 0 saturated carbocycles. The molecule has 1 aliphatic carbocycles. The first kappa shape index (κ1) is 19.4. The molecule has 0 bridgehead atoms. The molecule has 2 aromatic carbocycles. The Bertz CT molecular complexity index is 1150. The molecule has 0 N–H and O–H groups in total. The fourth-order valence-corrected chi connectivity index (χ4v) is 5.08. The van der Waals surface area contributed by atoms with Gasteiger partial charge in [0.05, 0.1) is 18.9 Å². The second-order valence-corrected chi connectivity index (χ2v) is 9.32. The van der Waals surface area contributed by atoms with Gasteiger partial charge < -0.3 is 14.2 Å². The maximum absolute atomic E-state index is 5.55. The highest BCUT2D eigenvalue weighted by Gasteiger charge is 2.29. The van der Waals surface area contributed by atoms with Gasteiger partial charge in [-0.1, -0.05) is 32.0 Å². The summed E-state index contributed by atoms with van der Waals surface area (Å²) in [5.41, 5.74) is 6.46. The maximum Gasteiger partial charge on any atom is 0.0642 e. The molecular weight excluding hydrogens is 370 g/mol. The molecule has 1 aliphatic heterocycles. The molecule has 0 atom stereocenters. The number of nitrogens with zero attached hydrogens (tertiary/aromatic N) is 3. The molecule has 1 fully saturated rings. The minimum absolute atomic E-state index is 0.226. The molecule has 156 valence electrons. The van der Waals surface area contributed by atoms with Crippen molar-refractivity contribution in [3.05, 3.63) is 54.2 Å². The second-order valence-electron chi connectivity index (χ2n) is 9.32. The third-order valence-electron chi connectivity index (χ3n) is 6.41. The number of morpholine rings is 1. The Kier molecular flexibility index (Phi) is 4.90.